The maximum absolute atomic E-state index is 13.6. The first kappa shape index (κ1) is 18.6. The van der Waals surface area contributed by atoms with E-state index in [1.54, 1.807) is 34.9 Å². The first-order valence-electron chi connectivity index (χ1n) is 7.98. The molecule has 2 N–H and O–H groups in total. The smallest absolute Gasteiger partial charge is 0.234 e. The molecule has 0 atom stereocenters. The first-order valence-corrected chi connectivity index (χ1v) is 8.97. The summed E-state index contributed by atoms with van der Waals surface area (Å²) in [6.45, 7) is 1.43. The number of carbonyl (C=O) groups excluding carboxylic acids is 2. The number of carbonyl (C=O) groups is 2. The predicted octanol–water partition coefficient (Wildman–Crippen LogP) is 3.10. The summed E-state index contributed by atoms with van der Waals surface area (Å²) in [4.78, 5) is 23.3. The highest BCUT2D eigenvalue weighted by atomic mass is 32.2. The van der Waals surface area contributed by atoms with E-state index in [1.165, 1.54) is 37.1 Å². The zero-order valence-corrected chi connectivity index (χ0v) is 15.2. The molecule has 27 heavy (non-hydrogen) atoms. The SMILES string of the molecule is CC(=O)Nc1cccc(-n2cnnc2SCC(=O)Nc2ccccc2F)c1. The summed E-state index contributed by atoms with van der Waals surface area (Å²) in [7, 11) is 0. The highest BCUT2D eigenvalue weighted by Crippen LogP contribution is 2.22. The minimum Gasteiger partial charge on any atom is -0.326 e. The number of anilines is 2. The second kappa shape index (κ2) is 8.45. The van der Waals surface area contributed by atoms with Crippen molar-refractivity contribution in [3.8, 4) is 5.69 Å². The standard InChI is InChI=1S/C18H16FN5O2S/c1-12(25)21-13-5-4-6-14(9-13)24-11-20-23-18(24)27-10-17(26)22-16-8-3-2-7-15(16)19/h2-9,11H,10H2,1H3,(H,21,25)(H,22,26). The topological polar surface area (TPSA) is 88.9 Å². The Labute approximate surface area is 159 Å². The lowest BCUT2D eigenvalue weighted by molar-refractivity contribution is -0.114. The average molecular weight is 385 g/mol. The molecule has 0 saturated carbocycles. The molecule has 7 nitrogen and oxygen atoms in total. The van der Waals surface area contributed by atoms with Crippen molar-refractivity contribution in [2.75, 3.05) is 16.4 Å². The molecule has 0 aliphatic rings. The van der Waals surface area contributed by atoms with E-state index in [2.05, 4.69) is 20.8 Å². The number of nitrogens with zero attached hydrogens (tertiary/aromatic N) is 3. The summed E-state index contributed by atoms with van der Waals surface area (Å²) < 4.78 is 15.3. The van der Waals surface area contributed by atoms with Crippen molar-refractivity contribution in [3.05, 3.63) is 60.7 Å². The Bertz CT molecular complexity index is 976. The number of para-hydroxylation sites is 1. The third kappa shape index (κ3) is 4.91. The molecule has 0 bridgehead atoms. The summed E-state index contributed by atoms with van der Waals surface area (Å²) in [5, 5.41) is 13.6. The predicted molar refractivity (Wildman–Crippen MR) is 101 cm³/mol. The van der Waals surface area contributed by atoms with Crippen LogP contribution >= 0.6 is 11.8 Å². The van der Waals surface area contributed by atoms with E-state index in [9.17, 15) is 14.0 Å². The van der Waals surface area contributed by atoms with Crippen LogP contribution in [-0.4, -0.2) is 32.3 Å². The van der Waals surface area contributed by atoms with Crippen LogP contribution in [0.4, 0.5) is 15.8 Å². The molecule has 138 valence electrons. The van der Waals surface area contributed by atoms with Crippen LogP contribution in [0.15, 0.2) is 60.0 Å². The van der Waals surface area contributed by atoms with Crippen LogP contribution in [0.1, 0.15) is 6.92 Å². The number of halogens is 1. The highest BCUT2D eigenvalue weighted by Gasteiger charge is 2.12. The molecule has 3 aromatic rings. The molecule has 0 radical (unpaired) electrons. The van der Waals surface area contributed by atoms with Gasteiger partial charge in [0, 0.05) is 12.6 Å². The maximum Gasteiger partial charge on any atom is 0.234 e. The van der Waals surface area contributed by atoms with Crippen LogP contribution < -0.4 is 10.6 Å². The molecule has 0 fully saturated rings. The van der Waals surface area contributed by atoms with E-state index >= 15 is 0 Å². The van der Waals surface area contributed by atoms with Crippen molar-refractivity contribution in [2.45, 2.75) is 12.1 Å². The zero-order valence-electron chi connectivity index (χ0n) is 14.3. The van der Waals surface area contributed by atoms with E-state index in [0.29, 0.717) is 10.8 Å². The number of thioether (sulfide) groups is 1. The summed E-state index contributed by atoms with van der Waals surface area (Å²) in [5.41, 5.74) is 1.51. The third-order valence-electron chi connectivity index (χ3n) is 3.44. The van der Waals surface area contributed by atoms with Gasteiger partial charge in [0.05, 0.1) is 17.1 Å². The Hall–Kier alpha value is -3.20. The van der Waals surface area contributed by atoms with Crippen LogP contribution in [0.2, 0.25) is 0 Å². The van der Waals surface area contributed by atoms with Crippen LogP contribution in [0.3, 0.4) is 0 Å². The normalized spacial score (nSPS) is 10.4. The van der Waals surface area contributed by atoms with Crippen molar-refractivity contribution in [3.63, 3.8) is 0 Å². The Morgan fingerprint density at radius 2 is 1.96 bits per heavy atom. The summed E-state index contributed by atoms with van der Waals surface area (Å²) in [6, 6.07) is 13.1. The lowest BCUT2D eigenvalue weighted by Gasteiger charge is -2.09. The van der Waals surface area contributed by atoms with Gasteiger partial charge in [-0.25, -0.2) is 4.39 Å². The molecule has 2 amide bonds. The Kier molecular flexibility index (Phi) is 5.82. The van der Waals surface area contributed by atoms with Crippen LogP contribution in [0, 0.1) is 5.82 Å². The zero-order chi connectivity index (χ0) is 19.2. The molecular formula is C18H16FN5O2S. The molecule has 2 aromatic carbocycles. The van der Waals surface area contributed by atoms with Gasteiger partial charge in [-0.05, 0) is 30.3 Å². The van der Waals surface area contributed by atoms with Gasteiger partial charge in [0.2, 0.25) is 11.8 Å². The van der Waals surface area contributed by atoms with Crippen molar-refractivity contribution in [1.29, 1.82) is 0 Å². The van der Waals surface area contributed by atoms with E-state index < -0.39 is 5.82 Å². The number of amides is 2. The van der Waals surface area contributed by atoms with Crippen molar-refractivity contribution in [2.24, 2.45) is 0 Å². The molecule has 0 aliphatic carbocycles. The Morgan fingerprint density at radius 3 is 2.74 bits per heavy atom. The largest absolute Gasteiger partial charge is 0.326 e. The van der Waals surface area contributed by atoms with Gasteiger partial charge in [0.25, 0.3) is 0 Å². The lowest BCUT2D eigenvalue weighted by atomic mass is 10.2. The van der Waals surface area contributed by atoms with Crippen LogP contribution in [0.5, 0.6) is 0 Å². The molecule has 1 aromatic heterocycles. The second-order valence-corrected chi connectivity index (χ2v) is 6.47. The fourth-order valence-corrected chi connectivity index (χ4v) is 3.04. The van der Waals surface area contributed by atoms with Gasteiger partial charge in [-0.1, -0.05) is 30.0 Å². The summed E-state index contributed by atoms with van der Waals surface area (Å²) in [5.74, 6) is -0.978. The maximum atomic E-state index is 13.6. The summed E-state index contributed by atoms with van der Waals surface area (Å²) >= 11 is 1.17. The molecule has 0 saturated heterocycles. The molecule has 1 heterocycles. The van der Waals surface area contributed by atoms with Gasteiger partial charge in [0.1, 0.15) is 12.1 Å². The second-order valence-electron chi connectivity index (χ2n) is 5.53. The van der Waals surface area contributed by atoms with Gasteiger partial charge >= 0.3 is 0 Å². The Balaban J connectivity index is 1.68. The van der Waals surface area contributed by atoms with Crippen LogP contribution in [-0.2, 0) is 9.59 Å². The molecule has 3 rings (SSSR count). The van der Waals surface area contributed by atoms with Gasteiger partial charge in [0.15, 0.2) is 5.16 Å². The van der Waals surface area contributed by atoms with Crippen molar-refractivity contribution >= 4 is 35.0 Å². The number of aromatic nitrogens is 3. The van der Waals surface area contributed by atoms with E-state index in [0.717, 1.165) is 5.69 Å². The highest BCUT2D eigenvalue weighted by molar-refractivity contribution is 7.99. The van der Waals surface area contributed by atoms with Gasteiger partial charge in [-0.15, -0.1) is 10.2 Å². The fraction of sp³-hybridized carbons (Fsp3) is 0.111. The fourth-order valence-electron chi connectivity index (χ4n) is 2.32. The number of rotatable bonds is 6. The van der Waals surface area contributed by atoms with E-state index in [4.69, 9.17) is 0 Å². The lowest BCUT2D eigenvalue weighted by Crippen LogP contribution is -2.15. The summed E-state index contributed by atoms with van der Waals surface area (Å²) in [6.07, 6.45) is 1.52. The van der Waals surface area contributed by atoms with Gasteiger partial charge in [-0.2, -0.15) is 0 Å². The Morgan fingerprint density at radius 1 is 1.15 bits per heavy atom. The van der Waals surface area contributed by atoms with Gasteiger partial charge in [-0.3, -0.25) is 14.2 Å². The molecule has 0 aliphatic heterocycles. The number of nitrogens with one attached hydrogen (secondary N) is 2. The number of hydrogen-bond donors (Lipinski definition) is 2. The molecular weight excluding hydrogens is 369 g/mol. The first-order chi connectivity index (χ1) is 13.0. The molecule has 9 heteroatoms. The van der Waals surface area contributed by atoms with E-state index in [-0.39, 0.29) is 23.3 Å². The van der Waals surface area contributed by atoms with Crippen molar-refractivity contribution in [1.82, 2.24) is 14.8 Å². The number of benzene rings is 2. The van der Waals surface area contributed by atoms with Crippen LogP contribution in [0.25, 0.3) is 5.69 Å². The average Bonchev–Trinajstić information content (AvgIpc) is 3.10. The number of hydrogen-bond acceptors (Lipinski definition) is 5. The van der Waals surface area contributed by atoms with Crippen molar-refractivity contribution < 1.29 is 14.0 Å². The molecule has 0 spiro atoms. The van der Waals surface area contributed by atoms with E-state index in [1.807, 2.05) is 6.07 Å². The van der Waals surface area contributed by atoms with Gasteiger partial charge < -0.3 is 10.6 Å². The minimum absolute atomic E-state index is 0.0401. The quantitative estimate of drug-likeness (QED) is 0.637. The monoisotopic (exact) mass is 385 g/mol. The third-order valence-corrected chi connectivity index (χ3v) is 4.38. The molecule has 0 unspecified atom stereocenters. The minimum atomic E-state index is -0.492.